The summed E-state index contributed by atoms with van der Waals surface area (Å²) in [4.78, 5) is 3.89. The summed E-state index contributed by atoms with van der Waals surface area (Å²) in [6.07, 6.45) is -0.217. The molecule has 0 aliphatic carbocycles. The molecule has 0 radical (unpaired) electrons. The first kappa shape index (κ1) is 12.3. The Balaban J connectivity index is 2.12. The van der Waals surface area contributed by atoms with Gasteiger partial charge in [-0.25, -0.2) is 13.9 Å². The molecule has 3 rings (SSSR count). The lowest BCUT2D eigenvalue weighted by atomic mass is 9.96. The van der Waals surface area contributed by atoms with Crippen molar-refractivity contribution in [3.8, 4) is 0 Å². The highest BCUT2D eigenvalue weighted by molar-refractivity contribution is 5.65. The fraction of sp³-hybridized carbons (Fsp3) is 0.500. The van der Waals surface area contributed by atoms with Gasteiger partial charge in [-0.05, 0) is 19.1 Å². The van der Waals surface area contributed by atoms with Crippen LogP contribution in [0.25, 0.3) is 5.52 Å². The largest absolute Gasteiger partial charge is 0.394 e. The third-order valence-electron chi connectivity index (χ3n) is 3.67. The summed E-state index contributed by atoms with van der Waals surface area (Å²) in [6, 6.07) is 3.46. The van der Waals surface area contributed by atoms with Gasteiger partial charge in [0, 0.05) is 6.42 Å². The highest BCUT2D eigenvalue weighted by Gasteiger charge is 2.48. The van der Waals surface area contributed by atoms with Gasteiger partial charge in [-0.1, -0.05) is 0 Å². The van der Waals surface area contributed by atoms with Crippen LogP contribution in [-0.4, -0.2) is 38.6 Å². The number of rotatable bonds is 2. The van der Waals surface area contributed by atoms with Crippen LogP contribution in [0.3, 0.4) is 0 Å². The number of nitrogens with zero attached hydrogens (tertiary/aromatic N) is 3. The Labute approximate surface area is 109 Å². The molecule has 0 unspecified atom stereocenters. The monoisotopic (exact) mass is 266 g/mol. The number of anilines is 1. The van der Waals surface area contributed by atoms with Crippen LogP contribution in [0.4, 0.5) is 10.2 Å². The fourth-order valence-electron chi connectivity index (χ4n) is 2.59. The van der Waals surface area contributed by atoms with E-state index in [0.717, 1.165) is 0 Å². The second-order valence-electron chi connectivity index (χ2n) is 4.89. The minimum Gasteiger partial charge on any atom is -0.394 e. The van der Waals surface area contributed by atoms with Crippen LogP contribution in [0, 0.1) is 0 Å². The van der Waals surface area contributed by atoms with E-state index in [1.54, 1.807) is 19.1 Å². The SMILES string of the molecule is C[C@@]1(c2ccc3c(N)ncnn23)O[C@H](CO)C[C@H]1F. The van der Waals surface area contributed by atoms with E-state index in [9.17, 15) is 4.39 Å². The van der Waals surface area contributed by atoms with Crippen molar-refractivity contribution in [3.05, 3.63) is 24.2 Å². The molecule has 3 N–H and O–H groups in total. The van der Waals surface area contributed by atoms with Gasteiger partial charge in [0.15, 0.2) is 5.82 Å². The zero-order valence-electron chi connectivity index (χ0n) is 10.5. The Morgan fingerprint density at radius 3 is 3.11 bits per heavy atom. The number of hydrogen-bond acceptors (Lipinski definition) is 5. The number of nitrogens with two attached hydrogens (primary N) is 1. The van der Waals surface area contributed by atoms with E-state index in [1.165, 1.54) is 10.8 Å². The lowest BCUT2D eigenvalue weighted by Crippen LogP contribution is -2.32. The standard InChI is InChI=1S/C12H15FN4O2/c1-12(9(13)4-7(5-18)19-12)10-3-2-8-11(14)15-6-16-17(8)10/h2-3,6-7,9,18H,4-5H2,1H3,(H2,14,15,16)/t7-,9+,12+/m0/s1. The molecule has 0 aromatic carbocycles. The predicted octanol–water partition coefficient (Wildman–Crippen LogP) is 0.646. The van der Waals surface area contributed by atoms with E-state index < -0.39 is 17.9 Å². The number of alkyl halides is 1. The van der Waals surface area contributed by atoms with Crippen molar-refractivity contribution in [2.45, 2.75) is 31.2 Å². The third kappa shape index (κ3) is 1.69. The second-order valence-corrected chi connectivity index (χ2v) is 4.89. The van der Waals surface area contributed by atoms with Gasteiger partial charge in [0.1, 0.15) is 23.6 Å². The number of nitrogen functional groups attached to an aromatic ring is 1. The molecule has 0 amide bonds. The normalized spacial score (nSPS) is 31.1. The first-order valence-electron chi connectivity index (χ1n) is 6.07. The molecule has 1 saturated heterocycles. The van der Waals surface area contributed by atoms with Crippen molar-refractivity contribution < 1.29 is 14.2 Å². The Hall–Kier alpha value is -1.73. The van der Waals surface area contributed by atoms with Gasteiger partial charge >= 0.3 is 0 Å². The zero-order valence-corrected chi connectivity index (χ0v) is 10.5. The van der Waals surface area contributed by atoms with Crippen LogP contribution in [0.1, 0.15) is 19.0 Å². The van der Waals surface area contributed by atoms with E-state index in [0.29, 0.717) is 17.0 Å². The topological polar surface area (TPSA) is 85.7 Å². The van der Waals surface area contributed by atoms with Crippen molar-refractivity contribution in [3.63, 3.8) is 0 Å². The fourth-order valence-corrected chi connectivity index (χ4v) is 2.59. The summed E-state index contributed by atoms with van der Waals surface area (Å²) in [5, 5.41) is 13.2. The molecule has 2 aromatic heterocycles. The molecule has 0 saturated carbocycles. The average molecular weight is 266 g/mol. The van der Waals surface area contributed by atoms with Crippen molar-refractivity contribution in [2.75, 3.05) is 12.3 Å². The van der Waals surface area contributed by atoms with Gasteiger partial charge in [0.2, 0.25) is 0 Å². The van der Waals surface area contributed by atoms with E-state index in [1.807, 2.05) is 0 Å². The van der Waals surface area contributed by atoms with Crippen LogP contribution >= 0.6 is 0 Å². The molecule has 7 heteroatoms. The summed E-state index contributed by atoms with van der Waals surface area (Å²) < 4.78 is 21.5. The molecule has 0 spiro atoms. The average Bonchev–Trinajstić information content (AvgIpc) is 2.94. The van der Waals surface area contributed by atoms with Crippen LogP contribution in [-0.2, 0) is 10.3 Å². The van der Waals surface area contributed by atoms with E-state index >= 15 is 0 Å². The Morgan fingerprint density at radius 2 is 2.42 bits per heavy atom. The van der Waals surface area contributed by atoms with Crippen molar-refractivity contribution in [1.29, 1.82) is 0 Å². The molecule has 1 aliphatic rings. The molecule has 1 aliphatic heterocycles. The number of aliphatic hydroxyl groups is 1. The van der Waals surface area contributed by atoms with Crippen molar-refractivity contribution in [1.82, 2.24) is 14.6 Å². The summed E-state index contributed by atoms with van der Waals surface area (Å²) in [7, 11) is 0. The minimum atomic E-state index is -1.21. The zero-order chi connectivity index (χ0) is 13.6. The number of ether oxygens (including phenoxy) is 1. The Kier molecular flexibility index (Phi) is 2.68. The minimum absolute atomic E-state index is 0.167. The number of fused-ring (bicyclic) bond motifs is 1. The summed E-state index contributed by atoms with van der Waals surface area (Å²) >= 11 is 0. The van der Waals surface area contributed by atoms with Gasteiger partial charge in [-0.2, -0.15) is 5.10 Å². The predicted molar refractivity (Wildman–Crippen MR) is 66.2 cm³/mol. The van der Waals surface area contributed by atoms with Crippen molar-refractivity contribution in [2.24, 2.45) is 0 Å². The third-order valence-corrected chi connectivity index (χ3v) is 3.67. The lowest BCUT2D eigenvalue weighted by Gasteiger charge is -2.26. The quantitative estimate of drug-likeness (QED) is 0.833. The molecular formula is C12H15FN4O2. The first-order chi connectivity index (χ1) is 9.06. The Morgan fingerprint density at radius 1 is 1.63 bits per heavy atom. The van der Waals surface area contributed by atoms with Gasteiger partial charge < -0.3 is 15.6 Å². The molecule has 19 heavy (non-hydrogen) atoms. The maximum atomic E-state index is 14.3. The molecule has 0 bridgehead atoms. The second kappa shape index (κ2) is 4.14. The number of hydrogen-bond donors (Lipinski definition) is 2. The van der Waals surface area contributed by atoms with Gasteiger partial charge in [-0.3, -0.25) is 0 Å². The molecule has 3 heterocycles. The summed E-state index contributed by atoms with van der Waals surface area (Å²) in [5.41, 5.74) is 5.80. The maximum absolute atomic E-state index is 14.3. The van der Waals surface area contributed by atoms with Gasteiger partial charge in [0.05, 0.1) is 18.4 Å². The van der Waals surface area contributed by atoms with E-state index in [-0.39, 0.29) is 13.0 Å². The molecule has 2 aromatic rings. The van der Waals surface area contributed by atoms with E-state index in [2.05, 4.69) is 10.1 Å². The Bertz CT molecular complexity index is 617. The smallest absolute Gasteiger partial charge is 0.151 e. The van der Waals surface area contributed by atoms with E-state index in [4.69, 9.17) is 15.6 Å². The molecular weight excluding hydrogens is 251 g/mol. The maximum Gasteiger partial charge on any atom is 0.151 e. The molecule has 6 nitrogen and oxygen atoms in total. The molecule has 1 fully saturated rings. The van der Waals surface area contributed by atoms with Gasteiger partial charge in [-0.15, -0.1) is 0 Å². The highest BCUT2D eigenvalue weighted by atomic mass is 19.1. The van der Waals surface area contributed by atoms with Crippen LogP contribution < -0.4 is 5.73 Å². The van der Waals surface area contributed by atoms with Crippen molar-refractivity contribution >= 4 is 11.3 Å². The number of aromatic nitrogens is 3. The highest BCUT2D eigenvalue weighted by Crippen LogP contribution is 2.41. The summed E-state index contributed by atoms with van der Waals surface area (Å²) in [5.74, 6) is 0.331. The van der Waals surface area contributed by atoms with Gasteiger partial charge in [0.25, 0.3) is 0 Å². The number of aliphatic hydroxyl groups excluding tert-OH is 1. The van der Waals surface area contributed by atoms with Crippen LogP contribution in [0.15, 0.2) is 18.5 Å². The van der Waals surface area contributed by atoms with Crippen LogP contribution in [0.2, 0.25) is 0 Å². The van der Waals surface area contributed by atoms with Crippen LogP contribution in [0.5, 0.6) is 0 Å². The molecule has 3 atom stereocenters. The first-order valence-corrected chi connectivity index (χ1v) is 6.07. The number of halogens is 1. The molecule has 102 valence electrons. The summed E-state index contributed by atoms with van der Waals surface area (Å²) in [6.45, 7) is 1.46. The lowest BCUT2D eigenvalue weighted by molar-refractivity contribution is -0.0737.